The van der Waals surface area contributed by atoms with Crippen LogP contribution in [0.5, 0.6) is 17.2 Å². The van der Waals surface area contributed by atoms with Gasteiger partial charge in [0.25, 0.3) is 11.8 Å². The highest BCUT2D eigenvalue weighted by Crippen LogP contribution is 2.30. The third-order valence-electron chi connectivity index (χ3n) is 5.44. The van der Waals surface area contributed by atoms with Gasteiger partial charge in [-0.15, -0.1) is 0 Å². The zero-order valence-electron chi connectivity index (χ0n) is 19.5. The first-order valence-electron chi connectivity index (χ1n) is 10.8. The minimum atomic E-state index is -0.821. The number of carbonyl (C=O) groups is 3. The number of methoxy groups -OCH3 is 2. The van der Waals surface area contributed by atoms with Crippen LogP contribution in [-0.2, 0) is 16.2 Å². The van der Waals surface area contributed by atoms with Crippen molar-refractivity contribution in [1.82, 2.24) is 5.32 Å². The summed E-state index contributed by atoms with van der Waals surface area (Å²) in [5, 5.41) is 2.22. The van der Waals surface area contributed by atoms with E-state index in [1.165, 1.54) is 25.9 Å². The molecule has 8 nitrogen and oxygen atoms in total. The summed E-state index contributed by atoms with van der Waals surface area (Å²) in [5.41, 5.74) is 2.85. The second-order valence-corrected chi connectivity index (χ2v) is 7.84. The number of rotatable bonds is 7. The standard InChI is InChI=1S/C27H24N2O6/c1-17-4-6-18(7-5-17)16-35-21-11-9-20(10-12-21)29-26(31)22(25(30)28-27(29)32)14-19-8-13-23(33-2)24(15-19)34-3/h4-15H,16H2,1-3H3,(H,28,30,32)/b22-14+. The summed E-state index contributed by atoms with van der Waals surface area (Å²) in [6, 6.07) is 18.7. The molecule has 1 heterocycles. The quantitative estimate of drug-likeness (QED) is 0.408. The average Bonchev–Trinajstić information content (AvgIpc) is 2.86. The number of benzene rings is 3. The normalized spacial score (nSPS) is 14.7. The minimum Gasteiger partial charge on any atom is -0.493 e. The van der Waals surface area contributed by atoms with Crippen molar-refractivity contribution in [3.63, 3.8) is 0 Å². The minimum absolute atomic E-state index is 0.184. The van der Waals surface area contributed by atoms with Gasteiger partial charge in [0.05, 0.1) is 19.9 Å². The Morgan fingerprint density at radius 3 is 2.20 bits per heavy atom. The first kappa shape index (κ1) is 23.6. The molecule has 1 aliphatic heterocycles. The number of hydrogen-bond acceptors (Lipinski definition) is 6. The molecule has 0 aromatic heterocycles. The SMILES string of the molecule is COc1ccc(/C=C2\C(=O)NC(=O)N(c3ccc(OCc4ccc(C)cc4)cc3)C2=O)cc1OC. The number of aryl methyl sites for hydroxylation is 1. The fraction of sp³-hybridized carbons (Fsp3) is 0.148. The zero-order valence-corrected chi connectivity index (χ0v) is 19.5. The molecule has 3 aromatic rings. The Morgan fingerprint density at radius 1 is 0.857 bits per heavy atom. The fourth-order valence-corrected chi connectivity index (χ4v) is 3.54. The van der Waals surface area contributed by atoms with Crippen LogP contribution in [0.3, 0.4) is 0 Å². The highest BCUT2D eigenvalue weighted by Gasteiger charge is 2.36. The maximum atomic E-state index is 13.1. The molecule has 4 rings (SSSR count). The van der Waals surface area contributed by atoms with Gasteiger partial charge >= 0.3 is 6.03 Å². The lowest BCUT2D eigenvalue weighted by Crippen LogP contribution is -2.54. The van der Waals surface area contributed by atoms with Crippen LogP contribution in [-0.4, -0.2) is 32.1 Å². The van der Waals surface area contributed by atoms with E-state index >= 15 is 0 Å². The summed E-state index contributed by atoms with van der Waals surface area (Å²) >= 11 is 0. The number of hydrogen-bond donors (Lipinski definition) is 1. The second kappa shape index (κ2) is 10.1. The number of urea groups is 1. The van der Waals surface area contributed by atoms with Crippen LogP contribution in [0.1, 0.15) is 16.7 Å². The number of ether oxygens (including phenoxy) is 3. The molecule has 8 heteroatoms. The molecule has 178 valence electrons. The molecule has 0 atom stereocenters. The van der Waals surface area contributed by atoms with Gasteiger partial charge in [0.15, 0.2) is 11.5 Å². The Kier molecular flexibility index (Phi) is 6.82. The van der Waals surface area contributed by atoms with Gasteiger partial charge in [0.2, 0.25) is 0 Å². The summed E-state index contributed by atoms with van der Waals surface area (Å²) in [7, 11) is 3.00. The molecule has 0 saturated carbocycles. The fourth-order valence-electron chi connectivity index (χ4n) is 3.54. The molecule has 35 heavy (non-hydrogen) atoms. The van der Waals surface area contributed by atoms with Gasteiger partial charge in [-0.3, -0.25) is 14.9 Å². The first-order valence-corrected chi connectivity index (χ1v) is 10.8. The van der Waals surface area contributed by atoms with E-state index in [1.54, 1.807) is 42.5 Å². The van der Waals surface area contributed by atoms with Gasteiger partial charge < -0.3 is 14.2 Å². The summed E-state index contributed by atoms with van der Waals surface area (Å²) in [5.74, 6) is 0.0255. The van der Waals surface area contributed by atoms with E-state index in [4.69, 9.17) is 14.2 Å². The largest absolute Gasteiger partial charge is 0.493 e. The highest BCUT2D eigenvalue weighted by atomic mass is 16.5. The van der Waals surface area contributed by atoms with Gasteiger partial charge in [0.1, 0.15) is 17.9 Å². The molecule has 1 N–H and O–H groups in total. The molecule has 1 fully saturated rings. The van der Waals surface area contributed by atoms with E-state index in [0.717, 1.165) is 10.5 Å². The third kappa shape index (κ3) is 5.16. The van der Waals surface area contributed by atoms with Crippen LogP contribution in [0.25, 0.3) is 6.08 Å². The van der Waals surface area contributed by atoms with Crippen LogP contribution < -0.4 is 24.4 Å². The molecule has 1 saturated heterocycles. The van der Waals surface area contributed by atoms with Crippen LogP contribution in [0.2, 0.25) is 0 Å². The van der Waals surface area contributed by atoms with E-state index in [-0.39, 0.29) is 5.57 Å². The Bertz CT molecular complexity index is 1300. The topological polar surface area (TPSA) is 94.2 Å². The molecule has 0 aliphatic carbocycles. The lowest BCUT2D eigenvalue weighted by molar-refractivity contribution is -0.122. The van der Waals surface area contributed by atoms with Gasteiger partial charge in [-0.1, -0.05) is 35.9 Å². The van der Waals surface area contributed by atoms with E-state index in [0.29, 0.717) is 35.1 Å². The number of barbiturate groups is 1. The average molecular weight is 472 g/mol. The van der Waals surface area contributed by atoms with Crippen molar-refractivity contribution in [2.45, 2.75) is 13.5 Å². The van der Waals surface area contributed by atoms with Crippen molar-refractivity contribution in [1.29, 1.82) is 0 Å². The lowest BCUT2D eigenvalue weighted by Gasteiger charge is -2.26. The smallest absolute Gasteiger partial charge is 0.335 e. The summed E-state index contributed by atoms with van der Waals surface area (Å²) in [6.07, 6.45) is 1.40. The third-order valence-corrected chi connectivity index (χ3v) is 5.44. The summed E-state index contributed by atoms with van der Waals surface area (Å²) in [6.45, 7) is 2.40. The monoisotopic (exact) mass is 472 g/mol. The van der Waals surface area contributed by atoms with Crippen molar-refractivity contribution in [3.8, 4) is 17.2 Å². The van der Waals surface area contributed by atoms with Crippen LogP contribution >= 0.6 is 0 Å². The van der Waals surface area contributed by atoms with Crippen molar-refractivity contribution in [3.05, 3.63) is 89.0 Å². The molecular formula is C27H24N2O6. The van der Waals surface area contributed by atoms with Gasteiger partial charge in [-0.05, 0) is 60.5 Å². The summed E-state index contributed by atoms with van der Waals surface area (Å²) < 4.78 is 16.3. The van der Waals surface area contributed by atoms with Gasteiger partial charge in [-0.25, -0.2) is 9.69 Å². The highest BCUT2D eigenvalue weighted by molar-refractivity contribution is 6.39. The van der Waals surface area contributed by atoms with E-state index in [2.05, 4.69) is 5.32 Å². The van der Waals surface area contributed by atoms with Gasteiger partial charge in [0, 0.05) is 0 Å². The molecule has 3 aromatic carbocycles. The molecule has 0 unspecified atom stereocenters. The molecule has 0 bridgehead atoms. The maximum Gasteiger partial charge on any atom is 0.335 e. The number of anilines is 1. The number of amides is 4. The molecule has 4 amide bonds. The second-order valence-electron chi connectivity index (χ2n) is 7.84. The lowest BCUT2D eigenvalue weighted by atomic mass is 10.1. The Hall–Kier alpha value is -4.59. The number of nitrogens with one attached hydrogen (secondary N) is 1. The molecule has 1 aliphatic rings. The van der Waals surface area contributed by atoms with E-state index in [9.17, 15) is 14.4 Å². The molecule has 0 radical (unpaired) electrons. The molecular weight excluding hydrogens is 448 g/mol. The van der Waals surface area contributed by atoms with Gasteiger partial charge in [-0.2, -0.15) is 0 Å². The maximum absolute atomic E-state index is 13.1. The summed E-state index contributed by atoms with van der Waals surface area (Å²) in [4.78, 5) is 39.0. The Morgan fingerprint density at radius 2 is 1.54 bits per heavy atom. The van der Waals surface area contributed by atoms with Crippen LogP contribution in [0.4, 0.5) is 10.5 Å². The van der Waals surface area contributed by atoms with Crippen LogP contribution in [0.15, 0.2) is 72.3 Å². The van der Waals surface area contributed by atoms with Crippen LogP contribution in [0, 0.1) is 6.92 Å². The zero-order chi connectivity index (χ0) is 24.9. The van der Waals surface area contributed by atoms with Crippen molar-refractivity contribution < 1.29 is 28.6 Å². The van der Waals surface area contributed by atoms with Crippen molar-refractivity contribution in [2.24, 2.45) is 0 Å². The predicted molar refractivity (Wildman–Crippen MR) is 131 cm³/mol. The van der Waals surface area contributed by atoms with Crippen molar-refractivity contribution >= 4 is 29.6 Å². The van der Waals surface area contributed by atoms with E-state index in [1.807, 2.05) is 31.2 Å². The molecule has 0 spiro atoms. The number of imide groups is 2. The number of nitrogens with zero attached hydrogens (tertiary/aromatic N) is 1. The van der Waals surface area contributed by atoms with Crippen molar-refractivity contribution in [2.75, 3.05) is 19.1 Å². The Balaban J connectivity index is 1.54. The Labute approximate surface area is 202 Å². The predicted octanol–water partition coefficient (Wildman–Crippen LogP) is 4.26. The first-order chi connectivity index (χ1) is 16.9. The number of carbonyl (C=O) groups excluding carboxylic acids is 3. The van der Waals surface area contributed by atoms with E-state index < -0.39 is 17.8 Å².